The van der Waals surface area contributed by atoms with E-state index in [2.05, 4.69) is 4.72 Å². The molecule has 13 heteroatoms. The molecule has 1 N–H and O–H groups in total. The maximum atomic E-state index is 13.0. The number of amides is 1. The summed E-state index contributed by atoms with van der Waals surface area (Å²) >= 11 is 0. The predicted molar refractivity (Wildman–Crippen MR) is 107 cm³/mol. The van der Waals surface area contributed by atoms with Crippen LogP contribution in [0, 0.1) is 0 Å². The van der Waals surface area contributed by atoms with Crippen molar-refractivity contribution in [1.29, 1.82) is 0 Å². The van der Waals surface area contributed by atoms with Gasteiger partial charge in [-0.3, -0.25) is 4.79 Å². The van der Waals surface area contributed by atoms with Crippen LogP contribution in [0.4, 0.5) is 0 Å². The van der Waals surface area contributed by atoms with Gasteiger partial charge < -0.3 is 18.8 Å². The zero-order valence-corrected chi connectivity index (χ0v) is 18.2. The van der Waals surface area contributed by atoms with Crippen LogP contribution in [0.3, 0.4) is 0 Å². The Labute approximate surface area is 179 Å². The van der Waals surface area contributed by atoms with E-state index in [9.17, 15) is 21.6 Å². The lowest BCUT2D eigenvalue weighted by Gasteiger charge is -2.33. The van der Waals surface area contributed by atoms with Crippen LogP contribution in [-0.2, 0) is 20.0 Å². The molecule has 4 rings (SSSR count). The highest BCUT2D eigenvalue weighted by atomic mass is 32.2. The first-order valence-corrected chi connectivity index (χ1v) is 12.4. The Kier molecular flexibility index (Phi) is 5.68. The van der Waals surface area contributed by atoms with E-state index in [0.29, 0.717) is 24.7 Å². The molecule has 0 bridgehead atoms. The third-order valence-electron chi connectivity index (χ3n) is 5.00. The van der Waals surface area contributed by atoms with Crippen LogP contribution in [0.2, 0.25) is 0 Å². The molecule has 2 aromatic rings. The third-order valence-corrected chi connectivity index (χ3v) is 8.18. The monoisotopic (exact) mass is 471 g/mol. The van der Waals surface area contributed by atoms with E-state index in [1.54, 1.807) is 6.07 Å². The second-order valence-electron chi connectivity index (χ2n) is 6.83. The molecule has 0 radical (unpaired) electrons. The first-order chi connectivity index (χ1) is 14.7. The van der Waals surface area contributed by atoms with E-state index >= 15 is 0 Å². The van der Waals surface area contributed by atoms with Crippen LogP contribution < -0.4 is 14.2 Å². The van der Waals surface area contributed by atoms with E-state index in [1.807, 2.05) is 0 Å². The number of nitrogens with one attached hydrogen (secondary N) is 1. The minimum Gasteiger partial charge on any atom is -0.486 e. The molecule has 1 aromatic heterocycles. The van der Waals surface area contributed by atoms with Crippen molar-refractivity contribution < 1.29 is 35.5 Å². The summed E-state index contributed by atoms with van der Waals surface area (Å²) in [5.41, 5.74) is 0. The number of fused-ring (bicyclic) bond motifs is 1. The zero-order valence-electron chi connectivity index (χ0n) is 16.6. The lowest BCUT2D eigenvalue weighted by Crippen LogP contribution is -2.50. The minimum absolute atomic E-state index is 0.0875. The maximum absolute atomic E-state index is 13.0. The van der Waals surface area contributed by atoms with Gasteiger partial charge >= 0.3 is 0 Å². The third kappa shape index (κ3) is 4.13. The smallest absolute Gasteiger partial charge is 0.289 e. The lowest BCUT2D eigenvalue weighted by molar-refractivity contribution is 0.0660. The lowest BCUT2D eigenvalue weighted by atomic mass is 10.3. The summed E-state index contributed by atoms with van der Waals surface area (Å²) < 4.78 is 69.0. The summed E-state index contributed by atoms with van der Waals surface area (Å²) in [6, 6.07) is 6.95. The number of benzene rings is 1. The zero-order chi connectivity index (χ0) is 22.2. The second-order valence-corrected chi connectivity index (χ2v) is 10.6. The molecule has 168 valence electrons. The van der Waals surface area contributed by atoms with Gasteiger partial charge in [-0.15, -0.1) is 0 Å². The average molecular weight is 472 g/mol. The summed E-state index contributed by atoms with van der Waals surface area (Å²) in [6.45, 7) is 1.21. The molecule has 2 aliphatic rings. The number of furan rings is 1. The molecule has 0 atom stereocenters. The Morgan fingerprint density at radius 1 is 0.935 bits per heavy atom. The van der Waals surface area contributed by atoms with Gasteiger partial charge in [0, 0.05) is 32.2 Å². The average Bonchev–Trinajstić information content (AvgIpc) is 3.29. The normalized spacial score (nSPS) is 17.5. The summed E-state index contributed by atoms with van der Waals surface area (Å²) in [5.74, 6) is 0.246. The number of rotatable bonds is 5. The number of carbonyl (C=O) groups is 1. The van der Waals surface area contributed by atoms with Gasteiger partial charge in [-0.25, -0.2) is 21.6 Å². The topological polar surface area (TPSA) is 135 Å². The van der Waals surface area contributed by atoms with Crippen molar-refractivity contribution in [3.05, 3.63) is 36.1 Å². The van der Waals surface area contributed by atoms with Crippen LogP contribution in [0.1, 0.15) is 10.6 Å². The quantitative estimate of drug-likeness (QED) is 0.649. The van der Waals surface area contributed by atoms with Crippen molar-refractivity contribution in [1.82, 2.24) is 13.9 Å². The van der Waals surface area contributed by atoms with E-state index in [4.69, 9.17) is 13.9 Å². The summed E-state index contributed by atoms with van der Waals surface area (Å²) in [6.07, 6.45) is 0. The first-order valence-electron chi connectivity index (χ1n) is 9.45. The first kappa shape index (κ1) is 21.6. The molecule has 0 unspecified atom stereocenters. The molecule has 1 fully saturated rings. The molecule has 2 aliphatic heterocycles. The number of hydrogen-bond donors (Lipinski definition) is 1. The number of piperazine rings is 1. The highest BCUT2D eigenvalue weighted by molar-refractivity contribution is 7.89. The fourth-order valence-electron chi connectivity index (χ4n) is 3.30. The predicted octanol–water partition coefficient (Wildman–Crippen LogP) is 0.106. The number of nitrogens with zero attached hydrogens (tertiary/aromatic N) is 2. The Hall–Kier alpha value is -2.61. The summed E-state index contributed by atoms with van der Waals surface area (Å²) in [4.78, 5) is 14.1. The molecule has 0 aliphatic carbocycles. The molecule has 0 spiro atoms. The van der Waals surface area contributed by atoms with E-state index in [1.165, 1.54) is 40.5 Å². The van der Waals surface area contributed by atoms with E-state index in [0.717, 1.165) is 0 Å². The van der Waals surface area contributed by atoms with Crippen LogP contribution in [0.25, 0.3) is 0 Å². The van der Waals surface area contributed by atoms with Gasteiger partial charge in [0.2, 0.25) is 15.1 Å². The molecular formula is C18H21N3O8S2. The van der Waals surface area contributed by atoms with Crippen LogP contribution in [0.5, 0.6) is 11.5 Å². The largest absolute Gasteiger partial charge is 0.486 e. The van der Waals surface area contributed by atoms with Gasteiger partial charge in [0.1, 0.15) is 13.2 Å². The maximum Gasteiger partial charge on any atom is 0.289 e. The molecule has 3 heterocycles. The van der Waals surface area contributed by atoms with E-state index < -0.39 is 26.0 Å². The minimum atomic E-state index is -3.80. The fourth-order valence-corrected chi connectivity index (χ4v) is 5.39. The van der Waals surface area contributed by atoms with Gasteiger partial charge in [0.25, 0.3) is 15.9 Å². The second kappa shape index (κ2) is 8.15. The number of ether oxygens (including phenoxy) is 2. The van der Waals surface area contributed by atoms with E-state index in [-0.39, 0.29) is 41.9 Å². The SMILES string of the molecule is CNS(=O)(=O)c1ccc(C(=O)N2CCN(S(=O)(=O)c3ccc4c(c3)OCCO4)CC2)o1. The standard InChI is InChI=1S/C18H21N3O8S2/c1-19-30(23,24)17-5-4-15(29-17)18(22)20-6-8-21(9-7-20)31(25,26)13-2-3-14-16(12-13)28-11-10-27-14/h2-5,12,19H,6-11H2,1H3. The number of carbonyl (C=O) groups excluding carboxylic acids is 1. The molecule has 31 heavy (non-hydrogen) atoms. The highest BCUT2D eigenvalue weighted by Gasteiger charge is 2.32. The van der Waals surface area contributed by atoms with Crippen LogP contribution in [0.15, 0.2) is 44.7 Å². The van der Waals surface area contributed by atoms with Crippen LogP contribution >= 0.6 is 0 Å². The Balaban J connectivity index is 1.44. The summed E-state index contributed by atoms with van der Waals surface area (Å²) in [5, 5.41) is -0.363. The van der Waals surface area contributed by atoms with Crippen LogP contribution in [-0.4, -0.2) is 78.4 Å². The summed E-state index contributed by atoms with van der Waals surface area (Å²) in [7, 11) is -6.34. The van der Waals surface area contributed by atoms with Crippen molar-refractivity contribution in [2.75, 3.05) is 46.4 Å². The molecule has 0 saturated carbocycles. The van der Waals surface area contributed by atoms with Gasteiger partial charge in [0.05, 0.1) is 4.90 Å². The fraction of sp³-hybridized carbons (Fsp3) is 0.389. The van der Waals surface area contributed by atoms with Gasteiger partial charge in [-0.1, -0.05) is 0 Å². The molecule has 1 aromatic carbocycles. The van der Waals surface area contributed by atoms with Crippen molar-refractivity contribution in [3.8, 4) is 11.5 Å². The van der Waals surface area contributed by atoms with Crippen molar-refractivity contribution in [2.45, 2.75) is 9.99 Å². The van der Waals surface area contributed by atoms with Crippen molar-refractivity contribution in [2.24, 2.45) is 0 Å². The Morgan fingerprint density at radius 2 is 1.61 bits per heavy atom. The molecule has 1 amide bonds. The molecular weight excluding hydrogens is 450 g/mol. The van der Waals surface area contributed by atoms with Gasteiger partial charge in [-0.05, 0) is 31.3 Å². The number of sulfonamides is 2. The Bertz CT molecular complexity index is 1200. The molecule has 1 saturated heterocycles. The number of hydrogen-bond acceptors (Lipinski definition) is 8. The Morgan fingerprint density at radius 3 is 2.29 bits per heavy atom. The van der Waals surface area contributed by atoms with Crippen molar-refractivity contribution in [3.63, 3.8) is 0 Å². The highest BCUT2D eigenvalue weighted by Crippen LogP contribution is 2.33. The van der Waals surface area contributed by atoms with Crippen molar-refractivity contribution >= 4 is 26.0 Å². The van der Waals surface area contributed by atoms with Gasteiger partial charge in [0.15, 0.2) is 17.3 Å². The molecule has 11 nitrogen and oxygen atoms in total. The van der Waals surface area contributed by atoms with Gasteiger partial charge in [-0.2, -0.15) is 4.31 Å².